The minimum Gasteiger partial charge on any atom is -0.379 e. The van der Waals surface area contributed by atoms with Crippen molar-refractivity contribution in [3.63, 3.8) is 0 Å². The fraction of sp³-hybridized carbons (Fsp3) is 0.250. The molecule has 0 bridgehead atoms. The second kappa shape index (κ2) is 18.2. The largest absolute Gasteiger partial charge is 0.379 e. The molecule has 2 aromatic carbocycles. The van der Waals surface area contributed by atoms with E-state index in [2.05, 4.69) is 46.2 Å². The van der Waals surface area contributed by atoms with E-state index >= 15 is 0 Å². The predicted molar refractivity (Wildman–Crippen MR) is 176 cm³/mol. The smallest absolute Gasteiger partial charge is 0.255 e. The number of pyridine rings is 1. The summed E-state index contributed by atoms with van der Waals surface area (Å²) >= 11 is 0. The molecule has 2 aromatic heterocycles. The minimum absolute atomic E-state index is 0.115. The number of benzene rings is 2. The molecule has 0 aliphatic heterocycles. The highest BCUT2D eigenvalue weighted by atomic mass is 16.5. The Morgan fingerprint density at radius 2 is 1.72 bits per heavy atom. The lowest BCUT2D eigenvalue weighted by Crippen LogP contribution is -2.29. The van der Waals surface area contributed by atoms with Gasteiger partial charge < -0.3 is 30.7 Å². The van der Waals surface area contributed by atoms with Crippen LogP contribution < -0.4 is 21.3 Å². The van der Waals surface area contributed by atoms with Gasteiger partial charge in [0.2, 0.25) is 17.8 Å². The highest BCUT2D eigenvalue weighted by molar-refractivity contribution is 6.05. The maximum atomic E-state index is 13.0. The molecule has 0 saturated carbocycles. The molecule has 0 atom stereocenters. The van der Waals surface area contributed by atoms with E-state index in [4.69, 9.17) is 15.0 Å². The quantitative estimate of drug-likeness (QED) is 0.0550. The molecule has 4 N–H and O–H groups in total. The molecule has 2 heterocycles. The van der Waals surface area contributed by atoms with Crippen molar-refractivity contribution in [2.45, 2.75) is 13.3 Å². The van der Waals surface area contributed by atoms with Gasteiger partial charge in [0.05, 0.1) is 38.5 Å². The number of hydrogen-bond donors (Lipinski definition) is 4. The van der Waals surface area contributed by atoms with E-state index in [1.54, 1.807) is 48.9 Å². The molecule has 0 fully saturated rings. The Morgan fingerprint density at radius 1 is 0.894 bits per heavy atom. The van der Waals surface area contributed by atoms with Crippen LogP contribution in [0.5, 0.6) is 0 Å². The van der Waals surface area contributed by atoms with Crippen molar-refractivity contribution in [1.82, 2.24) is 20.3 Å². The molecule has 242 valence electrons. The molecule has 4 aromatic rings. The molecule has 0 aliphatic carbocycles. The number of hydrogen-bond acceptors (Lipinski definition) is 10. The molecule has 4 rings (SSSR count). The Hall–Kier alpha value is -5.89. The number of nitrogens with zero attached hydrogens (tertiary/aromatic N) is 6. The number of azide groups is 1. The number of aromatic nitrogens is 3. The number of amides is 3. The summed E-state index contributed by atoms with van der Waals surface area (Å²) in [6.07, 6.45) is 5.24. The third-order valence-electron chi connectivity index (χ3n) is 6.44. The molecule has 15 heteroatoms. The zero-order valence-corrected chi connectivity index (χ0v) is 25.7. The number of rotatable bonds is 17. The highest BCUT2D eigenvalue weighted by Crippen LogP contribution is 2.24. The lowest BCUT2D eigenvalue weighted by atomic mass is 10.1. The highest BCUT2D eigenvalue weighted by Gasteiger charge is 2.11. The van der Waals surface area contributed by atoms with Gasteiger partial charge in [-0.1, -0.05) is 11.2 Å². The fourth-order valence-corrected chi connectivity index (χ4v) is 4.16. The van der Waals surface area contributed by atoms with Crippen LogP contribution in [0.3, 0.4) is 0 Å². The van der Waals surface area contributed by atoms with Gasteiger partial charge in [0.15, 0.2) is 0 Å². The molecule has 0 saturated heterocycles. The Kier molecular flexibility index (Phi) is 13.1. The maximum Gasteiger partial charge on any atom is 0.255 e. The van der Waals surface area contributed by atoms with Crippen LogP contribution in [0.1, 0.15) is 22.3 Å². The Bertz CT molecular complexity index is 1710. The number of anilines is 4. The van der Waals surface area contributed by atoms with Gasteiger partial charge >= 0.3 is 0 Å². The van der Waals surface area contributed by atoms with Gasteiger partial charge in [-0.15, -0.1) is 0 Å². The number of carbonyl (C=O) groups excluding carboxylic acids is 3. The normalized spacial score (nSPS) is 10.4. The molecular weight excluding hydrogens is 604 g/mol. The van der Waals surface area contributed by atoms with Crippen LogP contribution in [0.15, 0.2) is 84.4 Å². The van der Waals surface area contributed by atoms with E-state index in [1.807, 2.05) is 37.3 Å². The molecule has 3 amide bonds. The summed E-state index contributed by atoms with van der Waals surface area (Å²) in [5, 5.41) is 14.6. The van der Waals surface area contributed by atoms with Gasteiger partial charge in [-0.2, -0.15) is 0 Å². The first-order chi connectivity index (χ1) is 22.9. The van der Waals surface area contributed by atoms with Crippen molar-refractivity contribution < 1.29 is 23.9 Å². The van der Waals surface area contributed by atoms with Gasteiger partial charge in [0.25, 0.3) is 5.91 Å². The van der Waals surface area contributed by atoms with E-state index < -0.39 is 0 Å². The van der Waals surface area contributed by atoms with Gasteiger partial charge in [0, 0.05) is 58.2 Å². The minimum atomic E-state index is -0.384. The first-order valence-electron chi connectivity index (χ1n) is 14.7. The van der Waals surface area contributed by atoms with Crippen molar-refractivity contribution in [3.05, 3.63) is 101 Å². The number of carbonyl (C=O) groups is 3. The van der Waals surface area contributed by atoms with E-state index in [0.717, 1.165) is 22.5 Å². The summed E-state index contributed by atoms with van der Waals surface area (Å²) < 4.78 is 10.8. The van der Waals surface area contributed by atoms with Crippen LogP contribution in [0.2, 0.25) is 0 Å². The zero-order chi connectivity index (χ0) is 33.3. The van der Waals surface area contributed by atoms with Crippen LogP contribution in [-0.4, -0.2) is 72.2 Å². The standard InChI is InChI=1S/C32H34N10O5/c1-22-18-26(7-8-27(22)40-32-36-12-9-28(41-32)24-5-3-11-34-20-24)39-31(45)23-4-2-6-25(19-23)38-29(43)10-14-46-16-17-47-15-13-35-30(44)21-37-42-33/h2-9,11-12,18-20H,10,13-17,21H2,1H3,(H,35,44)(H,38,43)(H,39,45)(H,36,40,41). The van der Waals surface area contributed by atoms with Crippen LogP contribution in [-0.2, 0) is 19.1 Å². The van der Waals surface area contributed by atoms with Crippen molar-refractivity contribution in [2.75, 3.05) is 55.5 Å². The summed E-state index contributed by atoms with van der Waals surface area (Å²) in [7, 11) is 0. The number of aryl methyl sites for hydroxylation is 1. The third kappa shape index (κ3) is 11.5. The van der Waals surface area contributed by atoms with Crippen LogP contribution in [0.4, 0.5) is 23.0 Å². The Morgan fingerprint density at radius 3 is 2.51 bits per heavy atom. The summed E-state index contributed by atoms with van der Waals surface area (Å²) in [6.45, 7) is 2.96. The number of nitrogens with one attached hydrogen (secondary N) is 4. The maximum absolute atomic E-state index is 13.0. The second-order valence-corrected chi connectivity index (χ2v) is 9.96. The van der Waals surface area contributed by atoms with Gasteiger partial charge in [0.1, 0.15) is 6.54 Å². The SMILES string of the molecule is Cc1cc(NC(=O)c2cccc(NC(=O)CCOCCOCCNC(=O)CN=[N+]=[N-])c2)ccc1Nc1nccc(-c2cccnc2)n1. The van der Waals surface area contributed by atoms with Crippen LogP contribution >= 0.6 is 0 Å². The summed E-state index contributed by atoms with van der Waals surface area (Å²) in [4.78, 5) is 52.2. The molecular formula is C32H34N10O5. The summed E-state index contributed by atoms with van der Waals surface area (Å²) in [6, 6.07) is 17.7. The van der Waals surface area contributed by atoms with Crippen molar-refractivity contribution in [1.29, 1.82) is 0 Å². The zero-order valence-electron chi connectivity index (χ0n) is 25.7. The molecule has 15 nitrogen and oxygen atoms in total. The van der Waals surface area contributed by atoms with E-state index in [1.165, 1.54) is 0 Å². The van der Waals surface area contributed by atoms with E-state index in [0.29, 0.717) is 29.5 Å². The first-order valence-corrected chi connectivity index (χ1v) is 14.7. The third-order valence-corrected chi connectivity index (χ3v) is 6.44. The monoisotopic (exact) mass is 638 g/mol. The lowest BCUT2D eigenvalue weighted by molar-refractivity contribution is -0.120. The van der Waals surface area contributed by atoms with Gasteiger partial charge in [-0.3, -0.25) is 19.4 Å². The average molecular weight is 639 g/mol. The van der Waals surface area contributed by atoms with Gasteiger partial charge in [-0.25, -0.2) is 9.97 Å². The van der Waals surface area contributed by atoms with Crippen LogP contribution in [0.25, 0.3) is 21.7 Å². The van der Waals surface area contributed by atoms with Crippen LogP contribution in [0, 0.1) is 6.92 Å². The number of ether oxygens (including phenoxy) is 2. The summed E-state index contributed by atoms with van der Waals surface area (Å²) in [5.74, 6) is -0.539. The molecule has 0 radical (unpaired) electrons. The fourth-order valence-electron chi connectivity index (χ4n) is 4.16. The van der Waals surface area contributed by atoms with Crippen molar-refractivity contribution in [3.8, 4) is 11.3 Å². The average Bonchev–Trinajstić information content (AvgIpc) is 3.08. The Labute approximate surface area is 270 Å². The molecule has 0 unspecified atom stereocenters. The first kappa shape index (κ1) is 34.0. The molecule has 47 heavy (non-hydrogen) atoms. The predicted octanol–water partition coefficient (Wildman–Crippen LogP) is 4.63. The van der Waals surface area contributed by atoms with E-state index in [9.17, 15) is 14.4 Å². The topological polar surface area (TPSA) is 205 Å². The second-order valence-electron chi connectivity index (χ2n) is 9.96. The van der Waals surface area contributed by atoms with Crippen molar-refractivity contribution in [2.24, 2.45) is 5.11 Å². The molecule has 0 aliphatic rings. The van der Waals surface area contributed by atoms with E-state index in [-0.39, 0.29) is 57.1 Å². The van der Waals surface area contributed by atoms with Gasteiger partial charge in [-0.05, 0) is 72.6 Å². The van der Waals surface area contributed by atoms with Crippen molar-refractivity contribution >= 4 is 40.7 Å². The molecule has 0 spiro atoms. The lowest BCUT2D eigenvalue weighted by Gasteiger charge is -2.12. The Balaban J connectivity index is 1.18. The summed E-state index contributed by atoms with van der Waals surface area (Å²) in [5.41, 5.74) is 12.9.